The smallest absolute Gasteiger partial charge is 0.195 e. The highest BCUT2D eigenvalue weighted by atomic mass is 16.3. The lowest BCUT2D eigenvalue weighted by Crippen LogP contribution is -2.38. The van der Waals surface area contributed by atoms with Crippen molar-refractivity contribution < 1.29 is 4.42 Å². The molecule has 722 valence electrons. The van der Waals surface area contributed by atoms with Crippen LogP contribution in [0.1, 0.15) is 296 Å². The molecule has 22 heterocycles. The van der Waals surface area contributed by atoms with Crippen molar-refractivity contribution in [1.82, 2.24) is 102 Å². The molecule has 0 bridgehead atoms. The van der Waals surface area contributed by atoms with Gasteiger partial charge in [0.1, 0.15) is 34.5 Å². The number of benzene rings is 1. The number of para-hydroxylation sites is 1. The number of rotatable bonds is 22. The van der Waals surface area contributed by atoms with E-state index in [0.29, 0.717) is 37.4 Å². The Hall–Kier alpha value is -14.4. The van der Waals surface area contributed by atoms with Gasteiger partial charge >= 0.3 is 0 Å². The van der Waals surface area contributed by atoms with Gasteiger partial charge in [-0.3, -0.25) is 49.5 Å². The van der Waals surface area contributed by atoms with Crippen LogP contribution in [0.4, 0.5) is 5.69 Å². The number of fused-ring (bicyclic) bond motifs is 6. The number of piperidine rings is 5. The van der Waals surface area contributed by atoms with Crippen LogP contribution in [-0.2, 0) is 32.1 Å². The summed E-state index contributed by atoms with van der Waals surface area (Å²) in [5.74, 6) is 0.779. The van der Waals surface area contributed by atoms with Crippen LogP contribution in [0.15, 0.2) is 272 Å². The van der Waals surface area contributed by atoms with E-state index < -0.39 is 0 Å². The molecule has 16 aromatic heterocycles. The molecule has 0 radical (unpaired) electrons. The summed E-state index contributed by atoms with van der Waals surface area (Å²) in [6.07, 6.45) is 51.0. The second-order valence-electron chi connectivity index (χ2n) is 38.7. The van der Waals surface area contributed by atoms with Crippen molar-refractivity contribution in [3.05, 3.63) is 376 Å². The molecule has 1 aromatic carbocycles. The highest BCUT2D eigenvalue weighted by molar-refractivity contribution is 5.94. The predicted molar refractivity (Wildman–Crippen MR) is 553 cm³/mol. The largest absolute Gasteiger partial charge is 0.449 e. The molecule has 6 aliphatic rings. The number of hydrogen-bond acceptors (Lipinski definition) is 21. The molecule has 26 nitrogen and oxygen atoms in total. The maximum atomic E-state index is 9.11. The SMILES string of the molecule is Cc1cccnc1[C@@H]1CCC[C@H](c2cn3c(CCC#N)cccc3n2)N1C.Cc1cccnc1[C@@H]1CCC[C@H](c2cn3ccccc3n2)N1CCC1=Nc2ccccc2C1.Cc1cccnc1[C@@H]1CCC[C@H](c2cn3ccccc3n2)N1CCc1ncco1.Cc1cccnc1[C@@H]1CCC[C@H](c2nc3ccccn3c2CCC#N)N1.Cc1cccnc1[C@@H]1CCC[C@H](c2nc3ccccn3c2CCC#N)N1C. The van der Waals surface area contributed by atoms with Gasteiger partial charge in [0.25, 0.3) is 0 Å². The van der Waals surface area contributed by atoms with Gasteiger partial charge in [-0.2, -0.15) is 15.8 Å². The van der Waals surface area contributed by atoms with Crippen molar-refractivity contribution in [2.75, 3.05) is 27.2 Å². The van der Waals surface area contributed by atoms with Crippen molar-refractivity contribution in [2.45, 2.75) is 249 Å². The Morgan fingerprint density at radius 1 is 0.345 bits per heavy atom. The van der Waals surface area contributed by atoms with E-state index in [9.17, 15) is 0 Å². The number of aromatic nitrogens is 16. The predicted octanol–water partition coefficient (Wildman–Crippen LogP) is 23.4. The highest BCUT2D eigenvalue weighted by Gasteiger charge is 2.41. The number of nitrogens with zero attached hydrogens (tertiary/aromatic N) is 24. The number of hydrogen-bond donors (Lipinski definition) is 1. The first-order chi connectivity index (χ1) is 69.7. The third-order valence-electron chi connectivity index (χ3n) is 29.8. The molecular weight excluding hydrogens is 1760 g/mol. The van der Waals surface area contributed by atoms with E-state index in [-0.39, 0.29) is 42.3 Å². The van der Waals surface area contributed by atoms with E-state index in [1.165, 1.54) is 80.4 Å². The standard InChI is InChI=1S/C28H29N5.C23H25N5O.2C22H25N5.C21H23N5/c1-20-8-7-15-29-28(20)26-12-6-11-25(24-19-32-16-5-4-13-27(32)31-24)33(26)17-14-22-18-21-9-2-3-10-23(21)30-22;1-17-6-5-11-25-23(17)20-8-4-7-19(28(20)14-10-22-24-12-15-29-22)18-16-27-13-3-2-9-21(27)26-18;1-16-7-6-14-24-22(16)20-11-4-10-19(26(20)2)18-15-27-17(9-5-13-23)8-3-12-21(27)25-18;1-16-8-7-14-24-21(16)17-9-5-10-18(26(17)2)22-19(11-6-13-23)27-15-4-3-12-20(27)25-22;1-15-7-6-13-23-20(15)16-8-4-9-17(24-16)21-18(10-5-12-22)26-14-3-2-11-19(26)25-21/h2-5,7-10,13,15-16,19,25-26H,6,11-12,14,17-18H2,1H3;2-3,5-6,9,11-13,15-16,19-20H,4,7-8,10,14H2,1H3;3,6-8,12,14-15,19-20H,4-5,9-11H2,1-2H3;3-4,7-8,12,14-15,17-18H,5-6,9-11H2,1-2H3;2-3,6-7,11,13-14,16-17,24H,4-5,8-10H2,1H3/t25-,26+;2*19-,20+;17-,18+;16-,17+/m11100/s1. The Labute approximate surface area is 832 Å². The van der Waals surface area contributed by atoms with Crippen LogP contribution < -0.4 is 5.32 Å². The Kier molecular flexibility index (Phi) is 30.9. The van der Waals surface area contributed by atoms with Gasteiger partial charge < -0.3 is 31.7 Å². The Morgan fingerprint density at radius 3 is 1.27 bits per heavy atom. The first kappa shape index (κ1) is 96.4. The summed E-state index contributed by atoms with van der Waals surface area (Å²) < 4.78 is 16.2. The van der Waals surface area contributed by atoms with Gasteiger partial charge in [-0.05, 0) is 282 Å². The quantitative estimate of drug-likeness (QED) is 0.0659. The Bertz CT molecular complexity index is 7250. The maximum Gasteiger partial charge on any atom is 0.195 e. The van der Waals surface area contributed by atoms with Crippen molar-refractivity contribution in [3.63, 3.8) is 0 Å². The summed E-state index contributed by atoms with van der Waals surface area (Å²) in [6.45, 7) is 12.6. The second-order valence-corrected chi connectivity index (χ2v) is 38.7. The van der Waals surface area contributed by atoms with Gasteiger partial charge in [0, 0.05) is 162 Å². The average Bonchev–Trinajstić information content (AvgIpc) is 1.62. The van der Waals surface area contributed by atoms with Gasteiger partial charge in [0.2, 0.25) is 0 Å². The fourth-order valence-electron chi connectivity index (χ4n) is 22.8. The molecule has 26 heteroatoms. The van der Waals surface area contributed by atoms with Crippen LogP contribution in [0.25, 0.3) is 28.2 Å². The van der Waals surface area contributed by atoms with E-state index in [0.717, 1.165) is 220 Å². The Morgan fingerprint density at radius 2 is 0.754 bits per heavy atom. The molecule has 5 saturated heterocycles. The number of oxazole rings is 1. The number of nitriles is 3. The number of likely N-dealkylation sites (tertiary alicyclic amines) is 4. The van der Waals surface area contributed by atoms with Crippen LogP contribution in [-0.4, -0.2) is 129 Å². The van der Waals surface area contributed by atoms with Gasteiger partial charge in [0.05, 0.1) is 147 Å². The lowest BCUT2D eigenvalue weighted by Gasteiger charge is -2.41. The fourth-order valence-corrected chi connectivity index (χ4v) is 22.8. The molecule has 1 N–H and O–H groups in total. The second kappa shape index (κ2) is 45.4. The van der Waals surface area contributed by atoms with Crippen LogP contribution in [0, 0.1) is 68.6 Å². The number of aryl methyl sites for hydroxylation is 8. The molecule has 0 aliphatic carbocycles. The van der Waals surface area contributed by atoms with Gasteiger partial charge in [-0.15, -0.1) is 0 Å². The van der Waals surface area contributed by atoms with Crippen LogP contribution in [0.5, 0.6) is 0 Å². The lowest BCUT2D eigenvalue weighted by molar-refractivity contribution is 0.0762. The molecule has 10 atom stereocenters. The third-order valence-corrected chi connectivity index (χ3v) is 29.8. The first-order valence-electron chi connectivity index (χ1n) is 50.9. The minimum atomic E-state index is 0.198. The molecule has 0 saturated carbocycles. The molecule has 142 heavy (non-hydrogen) atoms. The lowest BCUT2D eigenvalue weighted by atomic mass is 9.90. The zero-order chi connectivity index (χ0) is 97.4. The minimum absolute atomic E-state index is 0.198. The van der Waals surface area contributed by atoms with E-state index >= 15 is 0 Å². The summed E-state index contributed by atoms with van der Waals surface area (Å²) in [4.78, 5) is 67.7. The van der Waals surface area contributed by atoms with Crippen LogP contribution >= 0.6 is 0 Å². The topological polar surface area (TPSA) is 286 Å². The van der Waals surface area contributed by atoms with E-state index in [1.807, 2.05) is 128 Å². The van der Waals surface area contributed by atoms with Crippen molar-refractivity contribution >= 4 is 39.6 Å². The van der Waals surface area contributed by atoms with E-state index in [1.54, 1.807) is 12.5 Å². The monoisotopic (exact) mass is 1890 g/mol. The molecule has 23 rings (SSSR count). The van der Waals surface area contributed by atoms with E-state index in [4.69, 9.17) is 60.1 Å². The van der Waals surface area contributed by atoms with Crippen molar-refractivity contribution in [3.8, 4) is 18.2 Å². The first-order valence-corrected chi connectivity index (χ1v) is 50.9. The number of aliphatic imine (C=N–C) groups is 1. The van der Waals surface area contributed by atoms with Crippen molar-refractivity contribution in [1.29, 1.82) is 15.8 Å². The normalized spacial score (nSPS) is 20.5. The summed E-state index contributed by atoms with van der Waals surface area (Å²) in [7, 11) is 4.39. The third kappa shape index (κ3) is 21.6. The number of imidazole rings is 5. The zero-order valence-corrected chi connectivity index (χ0v) is 82.6. The van der Waals surface area contributed by atoms with Gasteiger partial charge in [-0.25, -0.2) is 29.9 Å². The summed E-state index contributed by atoms with van der Waals surface area (Å²) in [5.41, 5.74) is 29.8. The maximum absolute atomic E-state index is 9.11. The molecule has 0 spiro atoms. The molecule has 5 fully saturated rings. The van der Waals surface area contributed by atoms with Crippen LogP contribution in [0.2, 0.25) is 0 Å². The van der Waals surface area contributed by atoms with Gasteiger partial charge in [-0.1, -0.05) is 78.9 Å². The van der Waals surface area contributed by atoms with Gasteiger partial charge in [0.15, 0.2) is 5.89 Å². The zero-order valence-electron chi connectivity index (χ0n) is 82.6. The summed E-state index contributed by atoms with van der Waals surface area (Å²) in [6, 6.07) is 69.5. The summed E-state index contributed by atoms with van der Waals surface area (Å²) in [5, 5.41) is 30.9. The molecular formula is C116H127N25O. The fraction of sp³-hybridized carbons (Fsp3) is 0.371. The van der Waals surface area contributed by atoms with Crippen LogP contribution in [0.3, 0.4) is 0 Å². The molecule has 17 aromatic rings. The van der Waals surface area contributed by atoms with E-state index in [2.05, 4.69) is 256 Å². The molecule has 0 amide bonds. The Balaban J connectivity index is 0.000000113. The number of nitrogens with one attached hydrogen (secondary N) is 1. The minimum Gasteiger partial charge on any atom is -0.449 e. The number of pyridine rings is 10. The van der Waals surface area contributed by atoms with Crippen molar-refractivity contribution in [2.24, 2.45) is 4.99 Å². The summed E-state index contributed by atoms with van der Waals surface area (Å²) >= 11 is 0. The highest BCUT2D eigenvalue weighted by Crippen LogP contribution is 2.48. The molecule has 6 aliphatic heterocycles. The average molecular weight is 1890 g/mol. The molecule has 0 unspecified atom stereocenters.